The molecular formula is C18H26ClFN3O3S+. The zero-order chi connectivity index (χ0) is 19.4. The Balaban J connectivity index is 1.57. The number of piperazine rings is 1. The van der Waals surface area contributed by atoms with E-state index in [1.54, 1.807) is 4.90 Å². The van der Waals surface area contributed by atoms with Gasteiger partial charge in [-0.15, -0.1) is 0 Å². The summed E-state index contributed by atoms with van der Waals surface area (Å²) in [5, 5.41) is -0.217. The van der Waals surface area contributed by atoms with Gasteiger partial charge in [0.25, 0.3) is 5.91 Å². The number of quaternary nitrogens is 1. The van der Waals surface area contributed by atoms with E-state index in [0.717, 1.165) is 38.1 Å². The monoisotopic (exact) mass is 418 g/mol. The number of hydrogen-bond acceptors (Lipinski definition) is 3. The van der Waals surface area contributed by atoms with Gasteiger partial charge in [-0.2, -0.15) is 4.31 Å². The number of carbonyl (C=O) groups excluding carboxylic acids is 1. The van der Waals surface area contributed by atoms with Crippen LogP contribution >= 0.6 is 11.6 Å². The van der Waals surface area contributed by atoms with E-state index in [0.29, 0.717) is 19.6 Å². The normalized spacial score (nSPS) is 20.4. The highest BCUT2D eigenvalue weighted by molar-refractivity contribution is 7.89. The first-order valence-corrected chi connectivity index (χ1v) is 11.3. The molecule has 1 N–H and O–H groups in total. The Bertz CT molecular complexity index is 774. The van der Waals surface area contributed by atoms with E-state index in [2.05, 4.69) is 0 Å². The molecule has 1 aromatic carbocycles. The summed E-state index contributed by atoms with van der Waals surface area (Å²) in [6.45, 7) is 3.77. The number of hydrogen-bond donors (Lipinski definition) is 1. The highest BCUT2D eigenvalue weighted by Gasteiger charge is 2.31. The summed E-state index contributed by atoms with van der Waals surface area (Å²) in [6.07, 6.45) is 4.80. The fourth-order valence-corrected chi connectivity index (χ4v) is 5.39. The van der Waals surface area contributed by atoms with E-state index < -0.39 is 15.8 Å². The van der Waals surface area contributed by atoms with Crippen molar-refractivity contribution < 1.29 is 22.5 Å². The van der Waals surface area contributed by atoms with E-state index in [-0.39, 0.29) is 28.9 Å². The van der Waals surface area contributed by atoms with Crippen molar-refractivity contribution in [3.63, 3.8) is 0 Å². The molecule has 0 atom stereocenters. The van der Waals surface area contributed by atoms with Crippen LogP contribution < -0.4 is 4.90 Å². The minimum absolute atomic E-state index is 0.0253. The SMILES string of the molecule is O=C(C[NH+]1CCCCCC1)N1CCN(S(=O)(=O)c2ccc(F)c(Cl)c2)CC1. The Morgan fingerprint density at radius 3 is 2.30 bits per heavy atom. The fourth-order valence-electron chi connectivity index (χ4n) is 3.70. The minimum atomic E-state index is -3.74. The maximum absolute atomic E-state index is 13.3. The van der Waals surface area contributed by atoms with Crippen molar-refractivity contribution in [3.8, 4) is 0 Å². The smallest absolute Gasteiger partial charge is 0.277 e. The molecule has 1 aromatic rings. The molecule has 27 heavy (non-hydrogen) atoms. The first kappa shape index (κ1) is 20.5. The standard InChI is InChI=1S/C18H25ClFN3O3S/c19-16-13-15(5-6-17(16)20)27(25,26)23-11-9-22(10-12-23)18(24)14-21-7-3-1-2-4-8-21/h5-6,13H,1-4,7-12,14H2/p+1. The second kappa shape index (κ2) is 8.86. The molecule has 0 radical (unpaired) electrons. The van der Waals surface area contributed by atoms with Crippen molar-refractivity contribution in [2.45, 2.75) is 30.6 Å². The number of nitrogens with zero attached hydrogens (tertiary/aromatic N) is 2. The summed E-state index contributed by atoms with van der Waals surface area (Å²) in [4.78, 5) is 15.6. The Morgan fingerprint density at radius 2 is 1.70 bits per heavy atom. The third-order valence-corrected chi connectivity index (χ3v) is 7.52. The molecule has 9 heteroatoms. The van der Waals surface area contributed by atoms with Crippen LogP contribution in [0.3, 0.4) is 0 Å². The van der Waals surface area contributed by atoms with Crippen LogP contribution in [-0.4, -0.2) is 69.3 Å². The average Bonchev–Trinajstić information content (AvgIpc) is 2.92. The minimum Gasteiger partial charge on any atom is -0.335 e. The van der Waals surface area contributed by atoms with Crippen LogP contribution in [0.1, 0.15) is 25.7 Å². The average molecular weight is 419 g/mol. The zero-order valence-corrected chi connectivity index (χ0v) is 16.9. The molecule has 0 aromatic heterocycles. The Morgan fingerprint density at radius 1 is 1.07 bits per heavy atom. The lowest BCUT2D eigenvalue weighted by atomic mass is 10.2. The summed E-state index contributed by atoms with van der Waals surface area (Å²) in [6, 6.07) is 3.40. The van der Waals surface area contributed by atoms with Crippen LogP contribution in [-0.2, 0) is 14.8 Å². The van der Waals surface area contributed by atoms with E-state index in [9.17, 15) is 17.6 Å². The van der Waals surface area contributed by atoms with Crippen LogP contribution in [0.4, 0.5) is 4.39 Å². The second-order valence-electron chi connectivity index (χ2n) is 7.20. The highest BCUT2D eigenvalue weighted by atomic mass is 35.5. The first-order valence-electron chi connectivity index (χ1n) is 9.44. The van der Waals surface area contributed by atoms with Crippen LogP contribution in [0.15, 0.2) is 23.1 Å². The van der Waals surface area contributed by atoms with Gasteiger partial charge in [0.05, 0.1) is 23.0 Å². The molecule has 0 bridgehead atoms. The van der Waals surface area contributed by atoms with Crippen LogP contribution in [0.2, 0.25) is 5.02 Å². The van der Waals surface area contributed by atoms with E-state index in [4.69, 9.17) is 11.6 Å². The fraction of sp³-hybridized carbons (Fsp3) is 0.611. The van der Waals surface area contributed by atoms with Gasteiger partial charge in [0.15, 0.2) is 6.54 Å². The Hall–Kier alpha value is -1.22. The lowest BCUT2D eigenvalue weighted by Crippen LogP contribution is -3.13. The molecule has 0 saturated carbocycles. The topological polar surface area (TPSA) is 62.1 Å². The molecule has 2 aliphatic heterocycles. The molecule has 0 spiro atoms. The van der Waals surface area contributed by atoms with E-state index in [1.165, 1.54) is 28.1 Å². The molecule has 0 aliphatic carbocycles. The molecule has 3 rings (SSSR count). The molecule has 2 heterocycles. The van der Waals surface area contributed by atoms with Crippen LogP contribution in [0, 0.1) is 5.82 Å². The van der Waals surface area contributed by atoms with Crippen molar-refractivity contribution >= 4 is 27.5 Å². The Labute approximate surface area is 164 Å². The number of amides is 1. The number of halogens is 2. The molecule has 2 fully saturated rings. The molecule has 0 unspecified atom stereocenters. The van der Waals surface area contributed by atoms with Gasteiger partial charge in [-0.3, -0.25) is 4.79 Å². The first-order chi connectivity index (χ1) is 12.9. The van der Waals surface area contributed by atoms with Gasteiger partial charge in [-0.25, -0.2) is 12.8 Å². The number of nitrogens with one attached hydrogen (secondary N) is 1. The molecule has 2 aliphatic rings. The molecule has 6 nitrogen and oxygen atoms in total. The summed E-state index contributed by atoms with van der Waals surface area (Å²) in [5.41, 5.74) is 0. The second-order valence-corrected chi connectivity index (χ2v) is 9.55. The summed E-state index contributed by atoms with van der Waals surface area (Å²) < 4.78 is 40.1. The molecule has 1 amide bonds. The lowest BCUT2D eigenvalue weighted by Gasteiger charge is -2.34. The van der Waals surface area contributed by atoms with Gasteiger partial charge in [0.2, 0.25) is 10.0 Å². The van der Waals surface area contributed by atoms with Gasteiger partial charge in [-0.05, 0) is 43.9 Å². The van der Waals surface area contributed by atoms with Crippen molar-refractivity contribution in [1.82, 2.24) is 9.21 Å². The number of sulfonamides is 1. The maximum atomic E-state index is 13.3. The summed E-state index contributed by atoms with van der Waals surface area (Å²) >= 11 is 5.71. The predicted octanol–water partition coefficient (Wildman–Crippen LogP) is 0.771. The predicted molar refractivity (Wildman–Crippen MR) is 101 cm³/mol. The third-order valence-electron chi connectivity index (χ3n) is 5.33. The van der Waals surface area contributed by atoms with Gasteiger partial charge in [0.1, 0.15) is 5.82 Å². The van der Waals surface area contributed by atoms with Gasteiger partial charge >= 0.3 is 0 Å². The van der Waals surface area contributed by atoms with Gasteiger partial charge in [-0.1, -0.05) is 11.6 Å². The van der Waals surface area contributed by atoms with E-state index >= 15 is 0 Å². The number of rotatable bonds is 4. The van der Waals surface area contributed by atoms with Gasteiger partial charge in [0, 0.05) is 26.2 Å². The van der Waals surface area contributed by atoms with Crippen molar-refractivity contribution in [2.24, 2.45) is 0 Å². The van der Waals surface area contributed by atoms with E-state index in [1.807, 2.05) is 0 Å². The molecule has 2 saturated heterocycles. The maximum Gasteiger partial charge on any atom is 0.277 e. The highest BCUT2D eigenvalue weighted by Crippen LogP contribution is 2.23. The largest absolute Gasteiger partial charge is 0.335 e. The van der Waals surface area contributed by atoms with Crippen molar-refractivity contribution in [3.05, 3.63) is 29.0 Å². The van der Waals surface area contributed by atoms with Crippen LogP contribution in [0.5, 0.6) is 0 Å². The number of benzene rings is 1. The molecular weight excluding hydrogens is 393 g/mol. The number of carbonyl (C=O) groups is 1. The number of likely N-dealkylation sites (tertiary alicyclic amines) is 1. The van der Waals surface area contributed by atoms with Crippen molar-refractivity contribution in [2.75, 3.05) is 45.8 Å². The quantitative estimate of drug-likeness (QED) is 0.785. The summed E-state index contributed by atoms with van der Waals surface area (Å²) in [5.74, 6) is -0.559. The van der Waals surface area contributed by atoms with Gasteiger partial charge < -0.3 is 9.80 Å². The lowest BCUT2D eigenvalue weighted by molar-refractivity contribution is -0.891. The zero-order valence-electron chi connectivity index (χ0n) is 15.3. The molecule has 150 valence electrons. The van der Waals surface area contributed by atoms with Crippen LogP contribution in [0.25, 0.3) is 0 Å². The summed E-state index contributed by atoms with van der Waals surface area (Å²) in [7, 11) is -3.74. The van der Waals surface area contributed by atoms with Crippen molar-refractivity contribution in [1.29, 1.82) is 0 Å². The third kappa shape index (κ3) is 4.99. The Kier molecular flexibility index (Phi) is 6.73.